The van der Waals surface area contributed by atoms with Crippen LogP contribution in [0.15, 0.2) is 18.2 Å². The first kappa shape index (κ1) is 9.00. The lowest BCUT2D eigenvalue weighted by Crippen LogP contribution is -2.07. The number of ether oxygens (including phenoxy) is 1. The molecule has 1 unspecified atom stereocenters. The van der Waals surface area contributed by atoms with Crippen molar-refractivity contribution in [3.05, 3.63) is 29.6 Å². The van der Waals surface area contributed by atoms with Crippen LogP contribution < -0.4 is 10.5 Å². The lowest BCUT2D eigenvalue weighted by atomic mass is 10.1. The first-order valence-corrected chi connectivity index (χ1v) is 3.74. The molecule has 0 radical (unpaired) electrons. The highest BCUT2D eigenvalue weighted by Gasteiger charge is 2.06. The molecule has 0 aromatic heterocycles. The minimum Gasteiger partial charge on any atom is -0.497 e. The van der Waals surface area contributed by atoms with Crippen LogP contribution in [0.25, 0.3) is 0 Å². The van der Waals surface area contributed by atoms with Gasteiger partial charge in [-0.1, -0.05) is 6.07 Å². The fourth-order valence-electron chi connectivity index (χ4n) is 1.00. The molecule has 0 heterocycles. The van der Waals surface area contributed by atoms with E-state index in [-0.39, 0.29) is 11.9 Å². The molecule has 2 nitrogen and oxygen atoms in total. The molecule has 0 saturated carbocycles. The van der Waals surface area contributed by atoms with Crippen LogP contribution in [0.5, 0.6) is 5.75 Å². The quantitative estimate of drug-likeness (QED) is 0.733. The van der Waals surface area contributed by atoms with Gasteiger partial charge in [-0.2, -0.15) is 0 Å². The third-order valence-corrected chi connectivity index (χ3v) is 1.70. The van der Waals surface area contributed by atoms with Crippen molar-refractivity contribution in [1.82, 2.24) is 0 Å². The highest BCUT2D eigenvalue weighted by Crippen LogP contribution is 2.19. The first-order chi connectivity index (χ1) is 5.65. The molecule has 0 spiro atoms. The number of halogens is 1. The zero-order chi connectivity index (χ0) is 9.14. The van der Waals surface area contributed by atoms with Crippen LogP contribution in [0.1, 0.15) is 18.5 Å². The van der Waals surface area contributed by atoms with E-state index in [1.807, 2.05) is 0 Å². The predicted octanol–water partition coefficient (Wildman–Crippen LogP) is 1.85. The number of nitrogens with two attached hydrogens (primary N) is 1. The van der Waals surface area contributed by atoms with E-state index in [0.717, 1.165) is 0 Å². The van der Waals surface area contributed by atoms with Gasteiger partial charge in [0.2, 0.25) is 0 Å². The van der Waals surface area contributed by atoms with E-state index in [0.29, 0.717) is 11.3 Å². The molecule has 3 heteroatoms. The smallest absolute Gasteiger partial charge is 0.131 e. The van der Waals surface area contributed by atoms with Crippen molar-refractivity contribution in [3.8, 4) is 5.75 Å². The second-order valence-corrected chi connectivity index (χ2v) is 2.68. The normalized spacial score (nSPS) is 12.7. The lowest BCUT2D eigenvalue weighted by Gasteiger charge is -2.07. The monoisotopic (exact) mass is 169 g/mol. The molecule has 0 aliphatic rings. The fourth-order valence-corrected chi connectivity index (χ4v) is 1.00. The van der Waals surface area contributed by atoms with Gasteiger partial charge < -0.3 is 10.5 Å². The van der Waals surface area contributed by atoms with Gasteiger partial charge in [0.15, 0.2) is 0 Å². The second kappa shape index (κ2) is 3.54. The average Bonchev–Trinajstić information content (AvgIpc) is 2.03. The van der Waals surface area contributed by atoms with Crippen LogP contribution >= 0.6 is 0 Å². The van der Waals surface area contributed by atoms with E-state index >= 15 is 0 Å². The average molecular weight is 169 g/mol. The van der Waals surface area contributed by atoms with Crippen molar-refractivity contribution in [2.24, 2.45) is 5.73 Å². The Morgan fingerprint density at radius 2 is 2.17 bits per heavy atom. The number of hydrogen-bond donors (Lipinski definition) is 1. The van der Waals surface area contributed by atoms with Gasteiger partial charge in [-0.25, -0.2) is 4.39 Å². The minimum absolute atomic E-state index is 0.282. The number of benzene rings is 1. The molecule has 66 valence electrons. The SMILES string of the molecule is COc1ccc(C(C)N)c(F)c1. The van der Waals surface area contributed by atoms with Crippen molar-refractivity contribution < 1.29 is 9.13 Å². The number of methoxy groups -OCH3 is 1. The van der Waals surface area contributed by atoms with Gasteiger partial charge in [0.1, 0.15) is 11.6 Å². The Balaban J connectivity index is 3.03. The summed E-state index contributed by atoms with van der Waals surface area (Å²) in [4.78, 5) is 0. The molecule has 0 amide bonds. The molecule has 1 aromatic carbocycles. The van der Waals surface area contributed by atoms with Crippen LogP contribution in [0.4, 0.5) is 4.39 Å². The number of rotatable bonds is 2. The first-order valence-electron chi connectivity index (χ1n) is 3.74. The molecule has 0 aliphatic carbocycles. The summed E-state index contributed by atoms with van der Waals surface area (Å²) in [5.41, 5.74) is 6.04. The van der Waals surface area contributed by atoms with Gasteiger partial charge in [0.25, 0.3) is 0 Å². The fraction of sp³-hybridized carbons (Fsp3) is 0.333. The third kappa shape index (κ3) is 1.74. The summed E-state index contributed by atoms with van der Waals surface area (Å²) in [6, 6.07) is 4.38. The Kier molecular flexibility index (Phi) is 2.65. The lowest BCUT2D eigenvalue weighted by molar-refractivity contribution is 0.410. The zero-order valence-corrected chi connectivity index (χ0v) is 7.17. The molecule has 1 atom stereocenters. The highest BCUT2D eigenvalue weighted by molar-refractivity contribution is 5.30. The summed E-state index contributed by atoms with van der Waals surface area (Å²) in [6.45, 7) is 1.74. The van der Waals surface area contributed by atoms with Crippen molar-refractivity contribution in [2.75, 3.05) is 7.11 Å². The van der Waals surface area contributed by atoms with Crippen molar-refractivity contribution in [3.63, 3.8) is 0 Å². The van der Waals surface area contributed by atoms with E-state index in [1.54, 1.807) is 19.1 Å². The van der Waals surface area contributed by atoms with Crippen molar-refractivity contribution in [2.45, 2.75) is 13.0 Å². The maximum atomic E-state index is 13.1. The largest absolute Gasteiger partial charge is 0.497 e. The molecular formula is C9H12FNO. The molecule has 0 fully saturated rings. The summed E-state index contributed by atoms with van der Waals surface area (Å²) < 4.78 is 18.0. The minimum atomic E-state index is -0.315. The van der Waals surface area contributed by atoms with Gasteiger partial charge in [0.05, 0.1) is 7.11 Å². The molecular weight excluding hydrogens is 157 g/mol. The topological polar surface area (TPSA) is 35.2 Å². The third-order valence-electron chi connectivity index (χ3n) is 1.70. The van der Waals surface area contributed by atoms with E-state index in [4.69, 9.17) is 10.5 Å². The van der Waals surface area contributed by atoms with E-state index in [9.17, 15) is 4.39 Å². The predicted molar refractivity (Wildman–Crippen MR) is 45.6 cm³/mol. The Labute approximate surface area is 71.1 Å². The summed E-state index contributed by atoms with van der Waals surface area (Å²) in [5.74, 6) is 0.196. The van der Waals surface area contributed by atoms with Crippen molar-refractivity contribution in [1.29, 1.82) is 0 Å². The van der Waals surface area contributed by atoms with Crippen LogP contribution in [-0.2, 0) is 0 Å². The standard InChI is InChI=1S/C9H12FNO/c1-6(11)8-4-3-7(12-2)5-9(8)10/h3-6H,11H2,1-2H3. The van der Waals surface area contributed by atoms with Gasteiger partial charge in [0, 0.05) is 17.7 Å². The highest BCUT2D eigenvalue weighted by atomic mass is 19.1. The van der Waals surface area contributed by atoms with E-state index in [1.165, 1.54) is 13.2 Å². The van der Waals surface area contributed by atoms with E-state index < -0.39 is 0 Å². The van der Waals surface area contributed by atoms with Crippen molar-refractivity contribution >= 4 is 0 Å². The summed E-state index contributed by atoms with van der Waals surface area (Å²) in [6.07, 6.45) is 0. The molecule has 0 aliphatic heterocycles. The molecule has 12 heavy (non-hydrogen) atoms. The Morgan fingerprint density at radius 1 is 1.50 bits per heavy atom. The molecule has 2 N–H and O–H groups in total. The van der Waals surface area contributed by atoms with Gasteiger partial charge in [-0.3, -0.25) is 0 Å². The summed E-state index contributed by atoms with van der Waals surface area (Å²) in [5, 5.41) is 0. The molecule has 0 saturated heterocycles. The molecule has 0 bridgehead atoms. The van der Waals surface area contributed by atoms with Crippen LogP contribution in [0, 0.1) is 5.82 Å². The maximum absolute atomic E-state index is 13.1. The van der Waals surface area contributed by atoms with Crippen LogP contribution in [0.2, 0.25) is 0 Å². The molecule has 1 aromatic rings. The summed E-state index contributed by atoms with van der Waals surface area (Å²) in [7, 11) is 1.50. The summed E-state index contributed by atoms with van der Waals surface area (Å²) >= 11 is 0. The van der Waals surface area contributed by atoms with Crippen LogP contribution in [0.3, 0.4) is 0 Å². The van der Waals surface area contributed by atoms with Gasteiger partial charge in [-0.15, -0.1) is 0 Å². The van der Waals surface area contributed by atoms with Gasteiger partial charge in [-0.05, 0) is 13.0 Å². The zero-order valence-electron chi connectivity index (χ0n) is 7.17. The Bertz CT molecular complexity index is 273. The second-order valence-electron chi connectivity index (χ2n) is 2.68. The van der Waals surface area contributed by atoms with E-state index in [2.05, 4.69) is 0 Å². The number of hydrogen-bond acceptors (Lipinski definition) is 2. The van der Waals surface area contributed by atoms with Crippen LogP contribution in [-0.4, -0.2) is 7.11 Å². The van der Waals surface area contributed by atoms with Gasteiger partial charge >= 0.3 is 0 Å². The Hall–Kier alpha value is -1.09. The molecule has 1 rings (SSSR count). The Morgan fingerprint density at radius 3 is 2.58 bits per heavy atom. The maximum Gasteiger partial charge on any atom is 0.131 e.